The molecular formula is C82H107O5S5+5. The fourth-order valence-corrected chi connectivity index (χ4v) is 27.7. The Kier molecular flexibility index (Phi) is 24.1. The van der Waals surface area contributed by atoms with Crippen molar-refractivity contribution >= 4 is 86.8 Å². The summed E-state index contributed by atoms with van der Waals surface area (Å²) < 4.78 is 6.43. The Labute approximate surface area is 567 Å². The first-order chi connectivity index (χ1) is 44.7. The fraction of sp³-hybridized carbons (Fsp3) is 0.488. The third kappa shape index (κ3) is 16.1. The molecule has 7 fully saturated rings. The molecule has 4 N–H and O–H groups in total. The van der Waals surface area contributed by atoms with Gasteiger partial charge in [0.15, 0.2) is 24.5 Å². The van der Waals surface area contributed by atoms with Gasteiger partial charge in [0, 0.05) is 100.0 Å². The summed E-state index contributed by atoms with van der Waals surface area (Å²) in [7, 11) is 1.92. The number of rotatable bonds is 13. The van der Waals surface area contributed by atoms with E-state index in [-0.39, 0.29) is 22.4 Å². The van der Waals surface area contributed by atoms with Crippen LogP contribution in [0.15, 0.2) is 152 Å². The molecule has 4 aliphatic heterocycles. The number of phenolic OH excluding ortho intramolecular Hbond substituents is 4. The lowest BCUT2D eigenvalue weighted by Crippen LogP contribution is -2.19. The van der Waals surface area contributed by atoms with Gasteiger partial charge in [0.25, 0.3) is 0 Å². The Bertz CT molecular complexity index is 3680. The topological polar surface area (TPSA) is 90.2 Å². The lowest BCUT2D eigenvalue weighted by molar-refractivity contribution is 0.212. The van der Waals surface area contributed by atoms with Gasteiger partial charge < -0.3 is 25.2 Å². The standard InChI is InChI=1S/C24H29OS.C18H28OS.C15H17S.C13H18OS.C12H12O2S/c1-2-6-18(5-1)25-23-11-12-24(20-8-4-3-7-19(20)23)26-14-21-16-9-10-17(13-16)22(21)15-26;1-3-5-9-15-13-17(20-11-7-8-12-20)14-16(18(15)19)10-6-4-2;1-12-8-9-15(16-10-4-5-11-16)14-7-3-2-6-13(12)14;1-9-7-12(8-10(2)13(9)14)15-6-4-5-11(15)3;1-15(2)11-7-6-9(13)8-4-3-5-10(14)12(8)11/h3-4,7-8,11-12,16-18,21-22H,1-2,5-6,9-10,13-15H2;13-14H,3-12H2,1-2H3;2-3,6-9H,4-5,10-11H2,1H3;7-8,11H,4-6H2,1-3H3;3-7H,1-2H3,(H-,13,14)/q+1;;+1;;/p+3. The molecule has 10 heteroatoms. The van der Waals surface area contributed by atoms with Crippen LogP contribution in [0.3, 0.4) is 0 Å². The SMILES string of the molecule is CCCCc1cc([S+]2CCCC2)cc(CCCC)c1O.C[S+](C)c1ccc(O)c2cccc(O)c12.Cc1cc([S+]2CCCC2C)cc(C)c1O.Cc1ccc([S+]2CCCC2)c2ccccc12.c1ccc2c([S+]3CC4C5CCC(C5)C4C3)ccc(OC3CCCC3)c2c1. The van der Waals surface area contributed by atoms with Crippen LogP contribution in [0.1, 0.15) is 158 Å². The van der Waals surface area contributed by atoms with Gasteiger partial charge >= 0.3 is 0 Å². The van der Waals surface area contributed by atoms with E-state index in [0.29, 0.717) is 66.6 Å². The maximum Gasteiger partial charge on any atom is 0.166 e. The maximum atomic E-state index is 10.5. The Morgan fingerprint density at radius 3 is 1.62 bits per heavy atom. The number of unbranched alkanes of at least 4 members (excludes halogenated alkanes) is 2. The predicted molar refractivity (Wildman–Crippen MR) is 405 cm³/mol. The van der Waals surface area contributed by atoms with Gasteiger partial charge in [-0.05, 0) is 243 Å². The van der Waals surface area contributed by atoms with Gasteiger partial charge in [-0.15, -0.1) is 0 Å². The van der Waals surface area contributed by atoms with Crippen molar-refractivity contribution in [1.29, 1.82) is 0 Å². The van der Waals surface area contributed by atoms with Crippen molar-refractivity contribution in [3.8, 4) is 28.7 Å². The molecule has 4 saturated heterocycles. The number of aromatic hydroxyl groups is 4. The van der Waals surface area contributed by atoms with E-state index in [0.717, 1.165) is 68.9 Å². The highest BCUT2D eigenvalue weighted by molar-refractivity contribution is 7.98. The number of fused-ring (bicyclic) bond motifs is 8. The molecule has 6 atom stereocenters. The Hall–Kier alpha value is -4.71. The number of hydrogen-bond acceptors (Lipinski definition) is 5. The molecule has 5 nitrogen and oxygen atoms in total. The molecule has 3 saturated carbocycles. The van der Waals surface area contributed by atoms with Gasteiger partial charge in [-0.3, -0.25) is 0 Å². The summed E-state index contributed by atoms with van der Waals surface area (Å²) in [4.78, 5) is 7.30. The first-order valence-electron chi connectivity index (χ1n) is 35.2. The Morgan fingerprint density at radius 1 is 0.478 bits per heavy atom. The molecular weight excluding hydrogens is 1230 g/mol. The molecule has 92 heavy (non-hydrogen) atoms. The van der Waals surface area contributed by atoms with Crippen molar-refractivity contribution in [2.24, 2.45) is 23.7 Å². The first kappa shape index (κ1) is 68.7. The summed E-state index contributed by atoms with van der Waals surface area (Å²) in [6.07, 6.45) is 29.5. The molecule has 7 aliphatic rings. The second-order valence-electron chi connectivity index (χ2n) is 27.6. The molecule has 490 valence electrons. The molecule has 8 aromatic carbocycles. The average molecular weight is 1330 g/mol. The molecule has 2 bridgehead atoms. The third-order valence-electron chi connectivity index (χ3n) is 21.1. The van der Waals surface area contributed by atoms with Crippen LogP contribution in [-0.2, 0) is 67.3 Å². The van der Waals surface area contributed by atoms with Gasteiger partial charge in [0.2, 0.25) is 0 Å². The zero-order valence-electron chi connectivity index (χ0n) is 56.7. The summed E-state index contributed by atoms with van der Waals surface area (Å²) in [5.41, 5.74) is 5.86. The normalized spacial score (nSPS) is 22.6. The molecule has 4 heterocycles. The van der Waals surface area contributed by atoms with Crippen LogP contribution in [0.2, 0.25) is 0 Å². The van der Waals surface area contributed by atoms with E-state index in [1.54, 1.807) is 34.4 Å². The van der Waals surface area contributed by atoms with Crippen LogP contribution in [0.25, 0.3) is 32.3 Å². The highest BCUT2D eigenvalue weighted by Gasteiger charge is 2.57. The van der Waals surface area contributed by atoms with Crippen molar-refractivity contribution in [3.63, 3.8) is 0 Å². The molecule has 0 amide bonds. The van der Waals surface area contributed by atoms with Gasteiger partial charge in [-0.1, -0.05) is 81.3 Å². The van der Waals surface area contributed by atoms with E-state index in [1.807, 2.05) is 26.0 Å². The zero-order chi connectivity index (χ0) is 64.4. The highest BCUT2D eigenvalue weighted by Crippen LogP contribution is 2.57. The fourth-order valence-electron chi connectivity index (χ4n) is 16.0. The quantitative estimate of drug-likeness (QED) is 0.0864. The minimum atomic E-state index is 0.0568. The summed E-state index contributed by atoms with van der Waals surface area (Å²) in [6, 6.07) is 45.0. The summed E-state index contributed by atoms with van der Waals surface area (Å²) in [5, 5.41) is 47.8. The molecule has 8 aromatic rings. The van der Waals surface area contributed by atoms with Crippen LogP contribution in [0.5, 0.6) is 28.7 Å². The molecule has 0 aromatic heterocycles. The van der Waals surface area contributed by atoms with Crippen molar-refractivity contribution in [3.05, 3.63) is 155 Å². The lowest BCUT2D eigenvalue weighted by Gasteiger charge is -2.19. The van der Waals surface area contributed by atoms with E-state index in [9.17, 15) is 20.4 Å². The summed E-state index contributed by atoms with van der Waals surface area (Å²) in [5.74, 6) is 16.7. The number of phenols is 4. The third-order valence-corrected chi connectivity index (χ3v) is 32.6. The molecule has 15 rings (SSSR count). The second-order valence-corrected chi connectivity index (χ2v) is 38.9. The lowest BCUT2D eigenvalue weighted by atomic mass is 9.82. The van der Waals surface area contributed by atoms with Gasteiger partial charge in [-0.25, -0.2) is 0 Å². The monoisotopic (exact) mass is 1330 g/mol. The van der Waals surface area contributed by atoms with Crippen LogP contribution in [0.4, 0.5) is 0 Å². The number of ether oxygens (including phenoxy) is 1. The predicted octanol–water partition coefficient (Wildman–Crippen LogP) is 20.2. The number of aryl methyl sites for hydroxylation is 5. The first-order valence-corrected chi connectivity index (χ1v) is 43.4. The van der Waals surface area contributed by atoms with E-state index < -0.39 is 0 Å². The van der Waals surface area contributed by atoms with Gasteiger partial charge in [0.05, 0.1) is 11.5 Å². The molecule has 6 unspecified atom stereocenters. The maximum absolute atomic E-state index is 10.5. The van der Waals surface area contributed by atoms with E-state index in [1.165, 1.54) is 191 Å². The van der Waals surface area contributed by atoms with Crippen molar-refractivity contribution < 1.29 is 25.2 Å². The second kappa shape index (κ2) is 32.4. The smallest absolute Gasteiger partial charge is 0.166 e. The Balaban J connectivity index is 0.000000120. The molecule has 0 spiro atoms. The molecule has 3 aliphatic carbocycles. The minimum Gasteiger partial charge on any atom is -0.507 e. The number of benzene rings is 8. The van der Waals surface area contributed by atoms with Crippen molar-refractivity contribution in [1.82, 2.24) is 0 Å². The van der Waals surface area contributed by atoms with Crippen molar-refractivity contribution in [2.75, 3.05) is 52.8 Å². The van der Waals surface area contributed by atoms with E-state index in [4.69, 9.17) is 4.74 Å². The number of hydrogen-bond donors (Lipinski definition) is 4. The zero-order valence-corrected chi connectivity index (χ0v) is 60.8. The summed E-state index contributed by atoms with van der Waals surface area (Å²) in [6.45, 7) is 13.0. The van der Waals surface area contributed by atoms with Crippen LogP contribution < -0.4 is 4.74 Å². The van der Waals surface area contributed by atoms with E-state index >= 15 is 0 Å². The van der Waals surface area contributed by atoms with Crippen LogP contribution in [-0.4, -0.2) is 84.6 Å². The van der Waals surface area contributed by atoms with E-state index in [2.05, 4.69) is 137 Å². The van der Waals surface area contributed by atoms with Crippen LogP contribution >= 0.6 is 0 Å². The Morgan fingerprint density at radius 2 is 1.03 bits per heavy atom. The average Bonchev–Trinajstić information content (AvgIpc) is 1.57. The summed E-state index contributed by atoms with van der Waals surface area (Å²) >= 11 is 0. The van der Waals surface area contributed by atoms with Crippen molar-refractivity contribution in [2.45, 2.75) is 199 Å². The molecule has 0 radical (unpaired) electrons. The van der Waals surface area contributed by atoms with Gasteiger partial charge in [-0.2, -0.15) is 0 Å². The van der Waals surface area contributed by atoms with Crippen LogP contribution in [0, 0.1) is 44.4 Å². The highest BCUT2D eigenvalue weighted by atomic mass is 32.2. The van der Waals surface area contributed by atoms with Gasteiger partial charge in [0.1, 0.15) is 86.8 Å². The largest absolute Gasteiger partial charge is 0.507 e. The minimum absolute atomic E-state index is 0.0568.